The van der Waals surface area contributed by atoms with Crippen molar-refractivity contribution in [1.29, 1.82) is 0 Å². The third-order valence-electron chi connectivity index (χ3n) is 7.04. The third kappa shape index (κ3) is 8.24. The molecule has 12 heteroatoms. The molecule has 2 heterocycles. The summed E-state index contributed by atoms with van der Waals surface area (Å²) < 4.78 is 26.6. The number of benzene rings is 3. The lowest BCUT2D eigenvalue weighted by molar-refractivity contribution is -0.115. The monoisotopic (exact) mass is 642 g/mol. The molecular weight excluding hydrogens is 611 g/mol. The molecule has 5 rings (SSSR count). The fourth-order valence-corrected chi connectivity index (χ4v) is 4.84. The normalized spacial score (nSPS) is 10.8. The van der Waals surface area contributed by atoms with Crippen molar-refractivity contribution >= 4 is 34.9 Å². The zero-order valence-corrected chi connectivity index (χ0v) is 26.1. The molecule has 2 aromatic heterocycles. The largest absolute Gasteiger partial charge is 0.473 e. The van der Waals surface area contributed by atoms with Crippen molar-refractivity contribution in [2.75, 3.05) is 17.7 Å². The standard InChI is InChI=1S/C34H32ClFN6O4/c1-3-15-42-21-38-41-31(42)19-37-30-17-24(34(44)45-2)12-14-29(30)39-32(43)16-22-7-9-23(10-8-22)28-5-4-6-33(40-28)46-20-25-11-13-26(35)18-27(25)36/h4-14,17-18,21,37H,3,15-16,19-20H2,1-2H3,(H,39,43). The number of rotatable bonds is 13. The van der Waals surface area contributed by atoms with Crippen molar-refractivity contribution in [2.24, 2.45) is 0 Å². The minimum atomic E-state index is -0.489. The van der Waals surface area contributed by atoms with Gasteiger partial charge in [0.2, 0.25) is 11.8 Å². The maximum absolute atomic E-state index is 14.1. The van der Waals surface area contributed by atoms with E-state index in [-0.39, 0.29) is 18.9 Å². The molecule has 0 atom stereocenters. The molecule has 5 aromatic rings. The van der Waals surface area contributed by atoms with Crippen LogP contribution >= 0.6 is 11.6 Å². The number of hydrogen-bond donors (Lipinski definition) is 2. The molecule has 0 aliphatic rings. The highest BCUT2D eigenvalue weighted by Gasteiger charge is 2.14. The van der Waals surface area contributed by atoms with Gasteiger partial charge in [0, 0.05) is 28.8 Å². The van der Waals surface area contributed by atoms with Crippen LogP contribution in [0.1, 0.15) is 40.7 Å². The molecule has 3 aromatic carbocycles. The van der Waals surface area contributed by atoms with Crippen LogP contribution < -0.4 is 15.4 Å². The van der Waals surface area contributed by atoms with Crippen molar-refractivity contribution < 1.29 is 23.5 Å². The molecule has 0 aliphatic carbocycles. The van der Waals surface area contributed by atoms with Crippen LogP contribution in [0, 0.1) is 5.82 Å². The highest BCUT2D eigenvalue weighted by atomic mass is 35.5. The minimum absolute atomic E-state index is 0.0105. The van der Waals surface area contributed by atoms with E-state index in [1.807, 2.05) is 41.0 Å². The average molecular weight is 643 g/mol. The van der Waals surface area contributed by atoms with Gasteiger partial charge in [0.05, 0.1) is 42.7 Å². The Hall–Kier alpha value is -5.29. The van der Waals surface area contributed by atoms with Crippen molar-refractivity contribution in [1.82, 2.24) is 19.7 Å². The number of carbonyl (C=O) groups excluding carboxylic acids is 2. The van der Waals surface area contributed by atoms with Crippen LogP contribution in [0.3, 0.4) is 0 Å². The molecule has 0 saturated carbocycles. The molecule has 0 saturated heterocycles. The van der Waals surface area contributed by atoms with E-state index in [4.69, 9.17) is 21.1 Å². The predicted molar refractivity (Wildman–Crippen MR) is 173 cm³/mol. The van der Waals surface area contributed by atoms with E-state index >= 15 is 0 Å². The van der Waals surface area contributed by atoms with Gasteiger partial charge in [0.25, 0.3) is 0 Å². The maximum Gasteiger partial charge on any atom is 0.337 e. The van der Waals surface area contributed by atoms with E-state index < -0.39 is 11.8 Å². The number of amides is 1. The first-order valence-electron chi connectivity index (χ1n) is 14.6. The number of hydrogen-bond acceptors (Lipinski definition) is 8. The molecule has 10 nitrogen and oxygen atoms in total. The van der Waals surface area contributed by atoms with Gasteiger partial charge in [0.15, 0.2) is 5.82 Å². The summed E-state index contributed by atoms with van der Waals surface area (Å²) >= 11 is 5.83. The molecule has 0 bridgehead atoms. The van der Waals surface area contributed by atoms with Crippen LogP contribution in [-0.4, -0.2) is 38.7 Å². The maximum atomic E-state index is 14.1. The Morgan fingerprint density at radius 1 is 1.00 bits per heavy atom. The predicted octanol–water partition coefficient (Wildman–Crippen LogP) is 6.70. The summed E-state index contributed by atoms with van der Waals surface area (Å²) in [6.45, 7) is 3.19. The average Bonchev–Trinajstić information content (AvgIpc) is 3.51. The van der Waals surface area contributed by atoms with E-state index in [1.165, 1.54) is 13.2 Å². The topological polar surface area (TPSA) is 120 Å². The number of aryl methyl sites for hydroxylation is 1. The molecule has 2 N–H and O–H groups in total. The number of ether oxygens (including phenoxy) is 2. The van der Waals surface area contributed by atoms with E-state index in [2.05, 4.69) is 32.7 Å². The molecule has 0 unspecified atom stereocenters. The zero-order valence-electron chi connectivity index (χ0n) is 25.3. The number of esters is 1. The number of aromatic nitrogens is 4. The van der Waals surface area contributed by atoms with Crippen LogP contribution in [0.4, 0.5) is 15.8 Å². The van der Waals surface area contributed by atoms with Crippen LogP contribution in [0.15, 0.2) is 85.2 Å². The van der Waals surface area contributed by atoms with Crippen LogP contribution in [0.5, 0.6) is 5.88 Å². The van der Waals surface area contributed by atoms with Gasteiger partial charge in [-0.2, -0.15) is 0 Å². The number of nitrogens with zero attached hydrogens (tertiary/aromatic N) is 4. The van der Waals surface area contributed by atoms with Crippen molar-refractivity contribution in [3.63, 3.8) is 0 Å². The fraction of sp³-hybridized carbons (Fsp3) is 0.206. The van der Waals surface area contributed by atoms with Gasteiger partial charge in [-0.25, -0.2) is 14.2 Å². The number of carbonyl (C=O) groups is 2. The van der Waals surface area contributed by atoms with Crippen molar-refractivity contribution in [3.05, 3.63) is 119 Å². The van der Waals surface area contributed by atoms with Gasteiger partial charge < -0.3 is 24.7 Å². The van der Waals surface area contributed by atoms with Crippen LogP contribution in [0.2, 0.25) is 5.02 Å². The Balaban J connectivity index is 1.23. The minimum Gasteiger partial charge on any atom is -0.473 e. The van der Waals surface area contributed by atoms with E-state index in [1.54, 1.807) is 42.7 Å². The quantitative estimate of drug-likeness (QED) is 0.136. The number of nitrogens with one attached hydrogen (secondary N) is 2. The van der Waals surface area contributed by atoms with Crippen LogP contribution in [0.25, 0.3) is 11.3 Å². The van der Waals surface area contributed by atoms with Gasteiger partial charge in [-0.1, -0.05) is 54.9 Å². The summed E-state index contributed by atoms with van der Waals surface area (Å²) in [5.74, 6) is -0.0916. The molecule has 0 radical (unpaired) electrons. The Labute approximate surface area is 270 Å². The second kappa shape index (κ2) is 15.1. The number of anilines is 2. The van der Waals surface area contributed by atoms with Gasteiger partial charge in [-0.15, -0.1) is 10.2 Å². The highest BCUT2D eigenvalue weighted by molar-refractivity contribution is 6.30. The fourth-order valence-electron chi connectivity index (χ4n) is 4.68. The second-order valence-electron chi connectivity index (χ2n) is 10.4. The van der Waals surface area contributed by atoms with E-state index in [0.29, 0.717) is 45.6 Å². The number of pyridine rings is 1. The molecule has 46 heavy (non-hydrogen) atoms. The van der Waals surface area contributed by atoms with Crippen molar-refractivity contribution in [2.45, 2.75) is 39.5 Å². The molecule has 236 valence electrons. The second-order valence-corrected chi connectivity index (χ2v) is 10.8. The van der Waals surface area contributed by atoms with Gasteiger partial charge in [0.1, 0.15) is 18.8 Å². The van der Waals surface area contributed by atoms with Crippen LogP contribution in [-0.2, 0) is 35.6 Å². The first-order valence-corrected chi connectivity index (χ1v) is 15.0. The SMILES string of the molecule is CCCn1cnnc1CNc1cc(C(=O)OC)ccc1NC(=O)Cc1ccc(-c2cccc(OCc3ccc(Cl)cc3F)n2)cc1. The Kier molecular flexibility index (Phi) is 10.6. The third-order valence-corrected chi connectivity index (χ3v) is 7.28. The Morgan fingerprint density at radius 2 is 1.83 bits per heavy atom. The van der Waals surface area contributed by atoms with E-state index in [0.717, 1.165) is 29.9 Å². The summed E-state index contributed by atoms with van der Waals surface area (Å²) in [6.07, 6.45) is 2.72. The Morgan fingerprint density at radius 3 is 2.59 bits per heavy atom. The Bertz CT molecular complexity index is 1830. The molecule has 0 spiro atoms. The summed E-state index contributed by atoms with van der Waals surface area (Å²) in [5, 5.41) is 14.7. The molecule has 0 fully saturated rings. The highest BCUT2D eigenvalue weighted by Crippen LogP contribution is 2.26. The van der Waals surface area contributed by atoms with E-state index in [9.17, 15) is 14.0 Å². The zero-order chi connectivity index (χ0) is 32.5. The summed E-state index contributed by atoms with van der Waals surface area (Å²) in [5.41, 5.74) is 4.06. The lowest BCUT2D eigenvalue weighted by Gasteiger charge is -2.15. The lowest BCUT2D eigenvalue weighted by atomic mass is 10.1. The van der Waals surface area contributed by atoms with Crippen molar-refractivity contribution in [3.8, 4) is 17.1 Å². The molecule has 0 aliphatic heterocycles. The van der Waals surface area contributed by atoms with Gasteiger partial charge in [-0.3, -0.25) is 4.79 Å². The molecule has 1 amide bonds. The number of methoxy groups -OCH3 is 1. The lowest BCUT2D eigenvalue weighted by Crippen LogP contribution is -2.17. The molecular formula is C34H32ClFN6O4. The van der Waals surface area contributed by atoms with Gasteiger partial charge in [-0.05, 0) is 48.4 Å². The first kappa shape index (κ1) is 32.1. The summed E-state index contributed by atoms with van der Waals surface area (Å²) in [6, 6.07) is 22.1. The summed E-state index contributed by atoms with van der Waals surface area (Å²) in [4.78, 5) is 29.8. The summed E-state index contributed by atoms with van der Waals surface area (Å²) in [7, 11) is 1.31. The smallest absolute Gasteiger partial charge is 0.337 e. The van der Waals surface area contributed by atoms with Gasteiger partial charge >= 0.3 is 5.97 Å². The first-order chi connectivity index (χ1) is 22.3. The number of halogens is 2.